The van der Waals surface area contributed by atoms with Gasteiger partial charge in [-0.05, 0) is 12.8 Å². The topological polar surface area (TPSA) is 20.1 Å². The van der Waals surface area contributed by atoms with Crippen molar-refractivity contribution >= 4 is 5.91 Å². The third-order valence-electron chi connectivity index (χ3n) is 2.25. The molecule has 1 saturated heterocycles. The summed E-state index contributed by atoms with van der Waals surface area (Å²) in [6.45, 7) is 5.27. The first-order chi connectivity index (χ1) is 5.29. The molecule has 0 aromatic heterocycles. The minimum atomic E-state index is 0.360. The standard InChI is InChI=1S/C9H17NO/c1-3-5-6-9(11)10-7-8(10)4-2/h8H,3-7H2,1-2H3. The van der Waals surface area contributed by atoms with Crippen molar-refractivity contribution < 1.29 is 4.79 Å². The fourth-order valence-corrected chi connectivity index (χ4v) is 1.31. The average molecular weight is 155 g/mol. The second kappa shape index (κ2) is 3.74. The average Bonchev–Trinajstić information content (AvgIpc) is 2.78. The van der Waals surface area contributed by atoms with Gasteiger partial charge in [0.25, 0.3) is 0 Å². The quantitative estimate of drug-likeness (QED) is 0.567. The molecule has 0 N–H and O–H groups in total. The van der Waals surface area contributed by atoms with E-state index in [1.54, 1.807) is 0 Å². The van der Waals surface area contributed by atoms with Crippen LogP contribution < -0.4 is 0 Å². The summed E-state index contributed by atoms with van der Waals surface area (Å²) in [6.07, 6.45) is 4.05. The van der Waals surface area contributed by atoms with Crippen molar-refractivity contribution in [2.75, 3.05) is 6.54 Å². The van der Waals surface area contributed by atoms with Gasteiger partial charge in [0.15, 0.2) is 0 Å². The predicted molar refractivity (Wildman–Crippen MR) is 45.3 cm³/mol. The van der Waals surface area contributed by atoms with E-state index in [0.29, 0.717) is 11.9 Å². The molecule has 2 nitrogen and oxygen atoms in total. The Hall–Kier alpha value is -0.530. The number of carbonyl (C=O) groups is 1. The van der Waals surface area contributed by atoms with Crippen molar-refractivity contribution in [2.45, 2.75) is 45.6 Å². The van der Waals surface area contributed by atoms with E-state index in [-0.39, 0.29) is 0 Å². The summed E-state index contributed by atoms with van der Waals surface area (Å²) < 4.78 is 0. The predicted octanol–water partition coefficient (Wildman–Crippen LogP) is 1.80. The van der Waals surface area contributed by atoms with E-state index in [9.17, 15) is 4.79 Å². The number of hydrogen-bond donors (Lipinski definition) is 0. The van der Waals surface area contributed by atoms with Crippen molar-refractivity contribution in [1.29, 1.82) is 0 Å². The maximum absolute atomic E-state index is 11.3. The Morgan fingerprint density at radius 2 is 2.27 bits per heavy atom. The molecule has 0 aromatic carbocycles. The molecule has 0 spiro atoms. The molecule has 1 heterocycles. The molecule has 1 atom stereocenters. The van der Waals surface area contributed by atoms with Crippen LogP contribution in [-0.2, 0) is 4.79 Å². The Bertz CT molecular complexity index is 144. The number of unbranched alkanes of at least 4 members (excludes halogenated alkanes) is 1. The van der Waals surface area contributed by atoms with Crippen LogP contribution in [0.2, 0.25) is 0 Å². The minimum absolute atomic E-state index is 0.360. The van der Waals surface area contributed by atoms with Gasteiger partial charge >= 0.3 is 0 Å². The highest BCUT2D eigenvalue weighted by atomic mass is 16.2. The lowest BCUT2D eigenvalue weighted by atomic mass is 10.2. The molecule has 1 fully saturated rings. The maximum Gasteiger partial charge on any atom is 0.222 e. The summed E-state index contributed by atoms with van der Waals surface area (Å²) >= 11 is 0. The molecule has 1 amide bonds. The fourth-order valence-electron chi connectivity index (χ4n) is 1.31. The van der Waals surface area contributed by atoms with Crippen molar-refractivity contribution in [1.82, 2.24) is 4.90 Å². The zero-order chi connectivity index (χ0) is 8.27. The summed E-state index contributed by atoms with van der Waals surface area (Å²) in [4.78, 5) is 13.2. The van der Waals surface area contributed by atoms with E-state index in [4.69, 9.17) is 0 Å². The first-order valence-corrected chi connectivity index (χ1v) is 4.59. The highest BCUT2D eigenvalue weighted by molar-refractivity contribution is 5.78. The molecule has 11 heavy (non-hydrogen) atoms. The SMILES string of the molecule is CCCCC(=O)N1CC1CC. The van der Waals surface area contributed by atoms with E-state index in [0.717, 1.165) is 32.2 Å². The maximum atomic E-state index is 11.3. The fraction of sp³-hybridized carbons (Fsp3) is 0.889. The largest absolute Gasteiger partial charge is 0.336 e. The molecule has 0 radical (unpaired) electrons. The minimum Gasteiger partial charge on any atom is -0.336 e. The van der Waals surface area contributed by atoms with Crippen LogP contribution >= 0.6 is 0 Å². The van der Waals surface area contributed by atoms with Crippen molar-refractivity contribution in [3.05, 3.63) is 0 Å². The van der Waals surface area contributed by atoms with Gasteiger partial charge in [-0.15, -0.1) is 0 Å². The Kier molecular flexibility index (Phi) is 2.92. The highest BCUT2D eigenvalue weighted by Crippen LogP contribution is 2.21. The van der Waals surface area contributed by atoms with Crippen LogP contribution in [0.5, 0.6) is 0 Å². The molecular weight excluding hydrogens is 138 g/mol. The van der Waals surface area contributed by atoms with E-state index >= 15 is 0 Å². The van der Waals surface area contributed by atoms with Crippen LogP contribution in [0.15, 0.2) is 0 Å². The van der Waals surface area contributed by atoms with Gasteiger partial charge in [-0.1, -0.05) is 20.3 Å². The molecule has 0 saturated carbocycles. The molecule has 2 heteroatoms. The van der Waals surface area contributed by atoms with E-state index < -0.39 is 0 Å². The highest BCUT2D eigenvalue weighted by Gasteiger charge is 2.35. The van der Waals surface area contributed by atoms with Crippen molar-refractivity contribution in [3.63, 3.8) is 0 Å². The van der Waals surface area contributed by atoms with Gasteiger partial charge in [0.1, 0.15) is 0 Å². The summed E-state index contributed by atoms with van der Waals surface area (Å²) in [7, 11) is 0. The summed E-state index contributed by atoms with van der Waals surface area (Å²) in [6, 6.07) is 0.583. The van der Waals surface area contributed by atoms with Crippen LogP contribution in [0.4, 0.5) is 0 Å². The number of hydrogen-bond acceptors (Lipinski definition) is 1. The van der Waals surface area contributed by atoms with Crippen LogP contribution in [0.25, 0.3) is 0 Å². The number of nitrogens with zero attached hydrogens (tertiary/aromatic N) is 1. The zero-order valence-corrected chi connectivity index (χ0v) is 7.47. The number of rotatable bonds is 4. The van der Waals surface area contributed by atoms with Crippen LogP contribution in [0.1, 0.15) is 39.5 Å². The second-order valence-corrected chi connectivity index (χ2v) is 3.21. The molecule has 0 aliphatic carbocycles. The third kappa shape index (κ3) is 2.21. The van der Waals surface area contributed by atoms with Crippen molar-refractivity contribution in [2.24, 2.45) is 0 Å². The molecule has 64 valence electrons. The molecule has 0 bridgehead atoms. The van der Waals surface area contributed by atoms with Gasteiger partial charge in [-0.2, -0.15) is 0 Å². The number of amides is 1. The van der Waals surface area contributed by atoms with E-state index in [1.807, 2.05) is 4.90 Å². The van der Waals surface area contributed by atoms with Gasteiger partial charge in [0, 0.05) is 19.0 Å². The molecule has 1 unspecified atom stereocenters. The van der Waals surface area contributed by atoms with E-state index in [1.165, 1.54) is 0 Å². The summed E-state index contributed by atoms with van der Waals surface area (Å²) in [5.74, 6) is 0.360. The van der Waals surface area contributed by atoms with Gasteiger partial charge in [0.2, 0.25) is 5.91 Å². The van der Waals surface area contributed by atoms with Crippen LogP contribution in [0.3, 0.4) is 0 Å². The Labute approximate surface area is 68.6 Å². The zero-order valence-electron chi connectivity index (χ0n) is 7.47. The summed E-state index contributed by atoms with van der Waals surface area (Å²) in [5.41, 5.74) is 0. The summed E-state index contributed by atoms with van der Waals surface area (Å²) in [5, 5.41) is 0. The van der Waals surface area contributed by atoms with Crippen LogP contribution in [-0.4, -0.2) is 23.4 Å². The molecule has 1 aliphatic heterocycles. The lowest BCUT2D eigenvalue weighted by Crippen LogP contribution is -2.12. The van der Waals surface area contributed by atoms with Crippen LogP contribution in [0, 0.1) is 0 Å². The molecule has 1 rings (SSSR count). The smallest absolute Gasteiger partial charge is 0.222 e. The third-order valence-corrected chi connectivity index (χ3v) is 2.25. The monoisotopic (exact) mass is 155 g/mol. The van der Waals surface area contributed by atoms with Gasteiger partial charge in [-0.25, -0.2) is 0 Å². The van der Waals surface area contributed by atoms with Gasteiger partial charge < -0.3 is 4.90 Å². The Morgan fingerprint density at radius 3 is 2.73 bits per heavy atom. The van der Waals surface area contributed by atoms with Crippen molar-refractivity contribution in [3.8, 4) is 0 Å². The number of carbonyl (C=O) groups excluding carboxylic acids is 1. The van der Waals surface area contributed by atoms with E-state index in [2.05, 4.69) is 13.8 Å². The first kappa shape index (κ1) is 8.57. The lowest BCUT2D eigenvalue weighted by molar-refractivity contribution is -0.126. The normalized spacial score (nSPS) is 22.0. The van der Waals surface area contributed by atoms with Gasteiger partial charge in [-0.3, -0.25) is 4.79 Å². The lowest BCUT2D eigenvalue weighted by Gasteiger charge is -2.00. The Morgan fingerprint density at radius 1 is 1.55 bits per heavy atom. The molecule has 1 aliphatic rings. The molecule has 0 aromatic rings. The first-order valence-electron chi connectivity index (χ1n) is 4.59. The second-order valence-electron chi connectivity index (χ2n) is 3.21. The molecular formula is C9H17NO. The van der Waals surface area contributed by atoms with Gasteiger partial charge in [0.05, 0.1) is 0 Å². The Balaban J connectivity index is 2.12.